The van der Waals surface area contributed by atoms with Crippen molar-refractivity contribution in [2.24, 2.45) is 4.99 Å². The monoisotopic (exact) mass is 382 g/mol. The van der Waals surface area contributed by atoms with Crippen LogP contribution in [0.2, 0.25) is 5.15 Å². The highest BCUT2D eigenvalue weighted by Gasteiger charge is 2.03. The SMILES string of the molecule is CCNC(=NCCc1ccc(Cl)nc1)NCCOc1ccc(F)c(F)c1. The van der Waals surface area contributed by atoms with E-state index in [2.05, 4.69) is 20.6 Å². The molecule has 5 nitrogen and oxygen atoms in total. The molecule has 0 aliphatic carbocycles. The summed E-state index contributed by atoms with van der Waals surface area (Å²) in [6.07, 6.45) is 2.47. The van der Waals surface area contributed by atoms with Crippen molar-refractivity contribution < 1.29 is 13.5 Å². The van der Waals surface area contributed by atoms with Crippen molar-refractivity contribution in [1.29, 1.82) is 0 Å². The zero-order chi connectivity index (χ0) is 18.8. The summed E-state index contributed by atoms with van der Waals surface area (Å²) in [6, 6.07) is 7.11. The van der Waals surface area contributed by atoms with Crippen molar-refractivity contribution in [2.75, 3.05) is 26.2 Å². The van der Waals surface area contributed by atoms with Crippen molar-refractivity contribution in [3.8, 4) is 5.75 Å². The van der Waals surface area contributed by atoms with Gasteiger partial charge in [-0.15, -0.1) is 0 Å². The van der Waals surface area contributed by atoms with Crippen molar-refractivity contribution >= 4 is 17.6 Å². The maximum absolute atomic E-state index is 13.1. The van der Waals surface area contributed by atoms with E-state index in [4.69, 9.17) is 16.3 Å². The Morgan fingerprint density at radius 2 is 2.04 bits per heavy atom. The summed E-state index contributed by atoms with van der Waals surface area (Å²) in [5, 5.41) is 6.72. The lowest BCUT2D eigenvalue weighted by Gasteiger charge is -2.12. The third-order valence-corrected chi connectivity index (χ3v) is 3.58. The van der Waals surface area contributed by atoms with Crippen molar-refractivity contribution in [3.05, 3.63) is 58.9 Å². The largest absolute Gasteiger partial charge is 0.492 e. The molecule has 0 atom stereocenters. The molecule has 0 fully saturated rings. The lowest BCUT2D eigenvalue weighted by molar-refractivity contribution is 0.318. The fourth-order valence-electron chi connectivity index (χ4n) is 2.10. The molecule has 2 rings (SSSR count). The Bertz CT molecular complexity index is 726. The molecule has 0 aliphatic heterocycles. The Balaban J connectivity index is 1.75. The molecule has 0 spiro atoms. The highest BCUT2D eigenvalue weighted by molar-refractivity contribution is 6.29. The van der Waals surface area contributed by atoms with Crippen LogP contribution in [0, 0.1) is 11.6 Å². The first-order valence-corrected chi connectivity index (χ1v) is 8.66. The molecule has 140 valence electrons. The van der Waals surface area contributed by atoms with Crippen LogP contribution >= 0.6 is 11.6 Å². The predicted molar refractivity (Wildman–Crippen MR) is 98.8 cm³/mol. The first kappa shape index (κ1) is 19.9. The number of pyridine rings is 1. The number of hydrogen-bond acceptors (Lipinski definition) is 3. The van der Waals surface area contributed by atoms with Crippen LogP contribution in [-0.2, 0) is 6.42 Å². The molecule has 0 amide bonds. The molecular formula is C18H21ClF2N4O. The Hall–Kier alpha value is -2.41. The van der Waals surface area contributed by atoms with Crippen LogP contribution in [0.15, 0.2) is 41.5 Å². The van der Waals surface area contributed by atoms with Crippen LogP contribution in [0.4, 0.5) is 8.78 Å². The molecule has 0 bridgehead atoms. The van der Waals surface area contributed by atoms with Gasteiger partial charge in [0.15, 0.2) is 17.6 Å². The van der Waals surface area contributed by atoms with Crippen LogP contribution in [-0.4, -0.2) is 37.2 Å². The van der Waals surface area contributed by atoms with Gasteiger partial charge in [0.05, 0.1) is 6.54 Å². The van der Waals surface area contributed by atoms with Gasteiger partial charge in [0.2, 0.25) is 0 Å². The molecule has 2 aromatic rings. The number of hydrogen-bond donors (Lipinski definition) is 2. The van der Waals surface area contributed by atoms with Gasteiger partial charge in [-0.1, -0.05) is 17.7 Å². The maximum Gasteiger partial charge on any atom is 0.191 e. The molecule has 1 aromatic carbocycles. The van der Waals surface area contributed by atoms with E-state index in [0.717, 1.165) is 30.7 Å². The number of guanidine groups is 1. The molecule has 0 saturated heterocycles. The molecule has 8 heteroatoms. The number of nitrogens with one attached hydrogen (secondary N) is 2. The first-order chi connectivity index (χ1) is 12.6. The first-order valence-electron chi connectivity index (χ1n) is 8.29. The molecular weight excluding hydrogens is 362 g/mol. The van der Waals surface area contributed by atoms with E-state index >= 15 is 0 Å². The number of benzene rings is 1. The highest BCUT2D eigenvalue weighted by atomic mass is 35.5. The smallest absolute Gasteiger partial charge is 0.191 e. The average molecular weight is 383 g/mol. The summed E-state index contributed by atoms with van der Waals surface area (Å²) >= 11 is 5.76. The van der Waals surface area contributed by atoms with E-state index in [1.54, 1.807) is 12.3 Å². The van der Waals surface area contributed by atoms with Crippen LogP contribution in [0.1, 0.15) is 12.5 Å². The molecule has 0 aliphatic rings. The zero-order valence-corrected chi connectivity index (χ0v) is 15.2. The zero-order valence-electron chi connectivity index (χ0n) is 14.4. The van der Waals surface area contributed by atoms with Crippen molar-refractivity contribution in [1.82, 2.24) is 15.6 Å². The molecule has 1 aromatic heterocycles. The van der Waals surface area contributed by atoms with E-state index in [1.807, 2.05) is 13.0 Å². The van der Waals surface area contributed by atoms with Gasteiger partial charge in [0.25, 0.3) is 0 Å². The summed E-state index contributed by atoms with van der Waals surface area (Å²) in [5.74, 6) is -0.888. The maximum atomic E-state index is 13.1. The van der Waals surface area contributed by atoms with Gasteiger partial charge in [0.1, 0.15) is 17.5 Å². The highest BCUT2D eigenvalue weighted by Crippen LogP contribution is 2.14. The summed E-state index contributed by atoms with van der Waals surface area (Å²) in [7, 11) is 0. The van der Waals surface area contributed by atoms with E-state index in [9.17, 15) is 8.78 Å². The molecule has 0 radical (unpaired) electrons. The van der Waals surface area contributed by atoms with Crippen molar-refractivity contribution in [2.45, 2.75) is 13.3 Å². The Labute approximate surface area is 156 Å². The van der Waals surface area contributed by atoms with Gasteiger partial charge in [-0.2, -0.15) is 0 Å². The summed E-state index contributed by atoms with van der Waals surface area (Å²) in [4.78, 5) is 8.50. The molecule has 0 unspecified atom stereocenters. The molecule has 1 heterocycles. The number of aliphatic imine (C=N–C) groups is 1. The lowest BCUT2D eigenvalue weighted by atomic mass is 10.2. The van der Waals surface area contributed by atoms with Crippen LogP contribution in [0.25, 0.3) is 0 Å². The second kappa shape index (κ2) is 10.6. The third-order valence-electron chi connectivity index (χ3n) is 3.36. The number of aromatic nitrogens is 1. The van der Waals surface area contributed by atoms with Gasteiger partial charge >= 0.3 is 0 Å². The normalized spacial score (nSPS) is 11.3. The quantitative estimate of drug-likeness (QED) is 0.318. The summed E-state index contributed by atoms with van der Waals surface area (Å²) < 4.78 is 31.4. The van der Waals surface area contributed by atoms with Gasteiger partial charge in [-0.05, 0) is 37.1 Å². The second-order valence-corrected chi connectivity index (χ2v) is 5.74. The fraction of sp³-hybridized carbons (Fsp3) is 0.333. The topological polar surface area (TPSA) is 58.5 Å². The minimum Gasteiger partial charge on any atom is -0.492 e. The third kappa shape index (κ3) is 6.84. The van der Waals surface area contributed by atoms with Gasteiger partial charge < -0.3 is 15.4 Å². The van der Waals surface area contributed by atoms with E-state index in [-0.39, 0.29) is 12.4 Å². The predicted octanol–water partition coefficient (Wildman–Crippen LogP) is 3.19. The summed E-state index contributed by atoms with van der Waals surface area (Å²) in [5.41, 5.74) is 1.05. The average Bonchev–Trinajstić information content (AvgIpc) is 2.63. The molecule has 2 N–H and O–H groups in total. The minimum atomic E-state index is -0.929. The number of halogens is 3. The Morgan fingerprint density at radius 1 is 1.19 bits per heavy atom. The van der Waals surface area contributed by atoms with Gasteiger partial charge in [0, 0.05) is 25.4 Å². The molecule has 26 heavy (non-hydrogen) atoms. The van der Waals surface area contributed by atoms with Gasteiger partial charge in [-0.25, -0.2) is 13.8 Å². The van der Waals surface area contributed by atoms with Crippen LogP contribution in [0.3, 0.4) is 0 Å². The number of nitrogens with zero attached hydrogens (tertiary/aromatic N) is 2. The number of rotatable bonds is 8. The summed E-state index contributed by atoms with van der Waals surface area (Å²) in [6.45, 7) is 4.03. The number of ether oxygens (including phenoxy) is 1. The van der Waals surface area contributed by atoms with E-state index in [0.29, 0.717) is 24.2 Å². The Morgan fingerprint density at radius 3 is 2.73 bits per heavy atom. The molecule has 0 saturated carbocycles. The Kier molecular flexibility index (Phi) is 8.08. The van der Waals surface area contributed by atoms with Crippen molar-refractivity contribution in [3.63, 3.8) is 0 Å². The second-order valence-electron chi connectivity index (χ2n) is 5.35. The lowest BCUT2D eigenvalue weighted by Crippen LogP contribution is -2.39. The fourth-order valence-corrected chi connectivity index (χ4v) is 2.21. The van der Waals surface area contributed by atoms with E-state index < -0.39 is 11.6 Å². The minimum absolute atomic E-state index is 0.280. The van der Waals surface area contributed by atoms with Gasteiger partial charge in [-0.3, -0.25) is 4.99 Å². The van der Waals surface area contributed by atoms with E-state index in [1.165, 1.54) is 6.07 Å². The standard InChI is InChI=1S/C18H21ClF2N4O/c1-2-22-18(23-8-7-13-3-6-17(19)25-12-13)24-9-10-26-14-4-5-15(20)16(21)11-14/h3-6,11-12H,2,7-10H2,1H3,(H2,22,23,24). The van der Waals surface area contributed by atoms with Crippen LogP contribution in [0.5, 0.6) is 5.75 Å². The van der Waals surface area contributed by atoms with Crippen LogP contribution < -0.4 is 15.4 Å².